The molecule has 0 spiro atoms. The molecule has 0 bridgehead atoms. The van der Waals surface area contributed by atoms with E-state index in [1.54, 1.807) is 0 Å². The van der Waals surface area contributed by atoms with Crippen molar-refractivity contribution < 1.29 is 28.4 Å². The van der Waals surface area contributed by atoms with Crippen LogP contribution in [0.3, 0.4) is 0 Å². The van der Waals surface area contributed by atoms with Crippen LogP contribution in [0.15, 0.2) is 0 Å². The molecule has 8 nitrogen and oxygen atoms in total. The van der Waals surface area contributed by atoms with E-state index in [-0.39, 0.29) is 40.3 Å². The fourth-order valence-electron chi connectivity index (χ4n) is 17.7. The molecule has 26 atom stereocenters. The molecule has 15 fully saturated rings. The van der Waals surface area contributed by atoms with Gasteiger partial charge in [-0.25, -0.2) is 0 Å². The summed E-state index contributed by atoms with van der Waals surface area (Å²) in [5.41, 5.74) is 3.62. The molecule has 0 aromatic heterocycles. The highest BCUT2D eigenvalue weighted by Crippen LogP contribution is 2.78. The Balaban J connectivity index is 0.859. The van der Waals surface area contributed by atoms with Gasteiger partial charge in [0.2, 0.25) is 0 Å². The predicted molar refractivity (Wildman–Crippen MR) is 198 cm³/mol. The average Bonchev–Trinajstić information content (AvgIpc) is 3.19. The summed E-state index contributed by atoms with van der Waals surface area (Å²) < 4.78 is 45.6. The zero-order chi connectivity index (χ0) is 33.1. The maximum absolute atomic E-state index is 7.79. The van der Waals surface area contributed by atoms with Crippen molar-refractivity contribution in [2.24, 2.45) is 0 Å². The van der Waals surface area contributed by atoms with Gasteiger partial charge in [0.25, 0.3) is 0 Å². The van der Waals surface area contributed by atoms with Crippen LogP contribution in [0, 0.1) is 0 Å². The van der Waals surface area contributed by atoms with Crippen LogP contribution in [-0.4, -0.2) is 153 Å². The van der Waals surface area contributed by atoms with Crippen LogP contribution in [0.4, 0.5) is 0 Å². The molecule has 52 heavy (non-hydrogen) atoms. The molecule has 8 heterocycles. The molecule has 0 aromatic rings. The van der Waals surface area contributed by atoms with E-state index in [9.17, 15) is 0 Å². The van der Waals surface area contributed by atoms with E-state index in [2.05, 4.69) is 9.80 Å². The first kappa shape index (κ1) is 31.5. The van der Waals surface area contributed by atoms with Crippen molar-refractivity contribution in [1.29, 1.82) is 0 Å². The number of hydrogen-bond donors (Lipinski definition) is 0. The molecule has 15 rings (SSSR count). The van der Waals surface area contributed by atoms with Gasteiger partial charge < -0.3 is 28.4 Å². The molecule has 0 radical (unpaired) electrons. The summed E-state index contributed by atoms with van der Waals surface area (Å²) in [5.74, 6) is 0. The Kier molecular flexibility index (Phi) is 6.77. The van der Waals surface area contributed by atoms with E-state index in [1.807, 2.05) is 0 Å². The van der Waals surface area contributed by atoms with E-state index >= 15 is 0 Å². The van der Waals surface area contributed by atoms with Crippen LogP contribution < -0.4 is 0 Å². The van der Waals surface area contributed by atoms with Gasteiger partial charge in [-0.05, 0) is 89.9 Å². The Morgan fingerprint density at radius 2 is 0.654 bits per heavy atom. The van der Waals surface area contributed by atoms with Crippen molar-refractivity contribution in [2.45, 2.75) is 259 Å². The maximum atomic E-state index is 7.79. The molecule has 0 N–H and O–H groups in total. The Bertz CT molecular complexity index is 1390. The topological polar surface area (TPSA) is 61.9 Å². The van der Waals surface area contributed by atoms with Gasteiger partial charge in [0, 0.05) is 70.2 Å². The quantitative estimate of drug-likeness (QED) is 0.292. The largest absolute Gasteiger partial charge is 0.372 e. The second kappa shape index (κ2) is 11.2. The van der Waals surface area contributed by atoms with E-state index in [0.717, 1.165) is 0 Å². The summed E-state index contributed by atoms with van der Waals surface area (Å²) in [6.45, 7) is 0. The SMILES string of the molecule is C1CCC2C(C1)OC1CCC3OC4C5OC6CCCC7C6P6C5C(OC5CCC8OC9CCCCC9N7C8C56)C5OC6CCCC7C6P(C54)C3C1N27. The molecule has 7 aliphatic carbocycles. The molecule has 8 saturated heterocycles. The second-order valence-corrected chi connectivity index (χ2v) is 25.9. The van der Waals surface area contributed by atoms with Gasteiger partial charge >= 0.3 is 0 Å². The summed E-state index contributed by atoms with van der Waals surface area (Å²) >= 11 is 0. The van der Waals surface area contributed by atoms with Gasteiger partial charge in [0.05, 0.1) is 73.2 Å². The molecule has 0 aromatic carbocycles. The van der Waals surface area contributed by atoms with Crippen LogP contribution in [-0.2, 0) is 28.4 Å². The minimum Gasteiger partial charge on any atom is -0.372 e. The smallest absolute Gasteiger partial charge is 0.0941 e. The van der Waals surface area contributed by atoms with Crippen molar-refractivity contribution >= 4 is 15.8 Å². The maximum Gasteiger partial charge on any atom is 0.0941 e. The molecule has 15 aliphatic rings. The van der Waals surface area contributed by atoms with Crippen LogP contribution >= 0.6 is 15.8 Å². The Hall–Kier alpha value is 0.540. The number of morpholine rings is 2. The van der Waals surface area contributed by atoms with E-state index in [0.29, 0.717) is 119 Å². The molecule has 0 amide bonds. The van der Waals surface area contributed by atoms with Crippen molar-refractivity contribution in [3.05, 3.63) is 0 Å². The van der Waals surface area contributed by atoms with Crippen molar-refractivity contribution in [2.75, 3.05) is 0 Å². The lowest BCUT2D eigenvalue weighted by molar-refractivity contribution is -0.273. The molecular formula is C42H60N2O6P2. The molecular weight excluding hydrogens is 690 g/mol. The van der Waals surface area contributed by atoms with E-state index in [1.165, 1.54) is 116 Å². The Morgan fingerprint density at radius 3 is 1.12 bits per heavy atom. The average molecular weight is 751 g/mol. The highest BCUT2D eigenvalue weighted by molar-refractivity contribution is 7.61. The van der Waals surface area contributed by atoms with E-state index in [4.69, 9.17) is 28.4 Å². The molecule has 8 aliphatic heterocycles. The first-order valence-corrected chi connectivity index (χ1v) is 25.9. The van der Waals surface area contributed by atoms with Crippen LogP contribution in [0.1, 0.15) is 116 Å². The second-order valence-electron chi connectivity index (χ2n) is 20.6. The van der Waals surface area contributed by atoms with Gasteiger partial charge in [-0.2, -0.15) is 0 Å². The lowest BCUT2D eigenvalue weighted by atomic mass is 9.75. The Morgan fingerprint density at radius 1 is 0.288 bits per heavy atom. The third-order valence-electron chi connectivity index (χ3n) is 18.9. The van der Waals surface area contributed by atoms with Crippen molar-refractivity contribution in [3.8, 4) is 0 Å². The van der Waals surface area contributed by atoms with E-state index < -0.39 is 0 Å². The first-order chi connectivity index (χ1) is 25.8. The van der Waals surface area contributed by atoms with Gasteiger partial charge in [-0.15, -0.1) is 0 Å². The number of nitrogens with zero attached hydrogens (tertiary/aromatic N) is 2. The lowest BCUT2D eigenvalue weighted by Crippen LogP contribution is -2.84. The minimum atomic E-state index is -0.296. The highest BCUT2D eigenvalue weighted by Gasteiger charge is 2.77. The zero-order valence-corrected chi connectivity index (χ0v) is 32.6. The summed E-state index contributed by atoms with van der Waals surface area (Å²) in [6, 6.07) is 3.74. The fourth-order valence-corrected chi connectivity index (χ4v) is 27.6. The molecule has 7 saturated carbocycles. The summed E-state index contributed by atoms with van der Waals surface area (Å²) in [5, 5.41) is 0. The van der Waals surface area contributed by atoms with Gasteiger partial charge in [0.15, 0.2) is 0 Å². The van der Waals surface area contributed by atoms with Gasteiger partial charge in [-0.1, -0.05) is 41.5 Å². The summed E-state index contributed by atoms with van der Waals surface area (Å²) in [4.78, 5) is 6.32. The standard InChI is InChI=1S/C42H60N2O6P2/c1-3-11-23-19(7-1)43-21-9-5-13-27-37(21)51-39-29(17-15-25(45-23)31(39)43)49-35-34-42-36(33(47-27)41(35)51)50-30-18-16-26-32-40(30)52(42)38-22(10-6-14-28(38)48-34)44(32)20-8-2-4-12-24(20)46-26/h19-42H,1-18H2. The number of fused-ring (bicyclic) bond motifs is 8. The van der Waals surface area contributed by atoms with Gasteiger partial charge in [-0.3, -0.25) is 9.80 Å². The Labute approximate surface area is 312 Å². The fraction of sp³-hybridized carbons (Fsp3) is 1.00. The summed E-state index contributed by atoms with van der Waals surface area (Å²) in [6.07, 6.45) is 27.5. The number of ether oxygens (including phenoxy) is 6. The monoisotopic (exact) mass is 750 g/mol. The molecule has 10 heteroatoms. The zero-order valence-electron chi connectivity index (χ0n) is 30.8. The molecule has 26 unspecified atom stereocenters. The first-order valence-electron chi connectivity index (χ1n) is 22.8. The third-order valence-corrected chi connectivity index (χ3v) is 26.8. The highest BCUT2D eigenvalue weighted by atomic mass is 31.1. The van der Waals surface area contributed by atoms with Crippen LogP contribution in [0.2, 0.25) is 0 Å². The van der Waals surface area contributed by atoms with Crippen LogP contribution in [0.25, 0.3) is 0 Å². The molecule has 284 valence electrons. The third kappa shape index (κ3) is 3.81. The predicted octanol–water partition coefficient (Wildman–Crippen LogP) is 5.73. The van der Waals surface area contributed by atoms with Gasteiger partial charge in [0.1, 0.15) is 0 Å². The lowest BCUT2D eigenvalue weighted by Gasteiger charge is -2.76. The minimum absolute atomic E-state index is 0.198. The number of rotatable bonds is 0. The van der Waals surface area contributed by atoms with Crippen molar-refractivity contribution in [3.63, 3.8) is 0 Å². The summed E-state index contributed by atoms with van der Waals surface area (Å²) in [7, 11) is -0.593. The van der Waals surface area contributed by atoms with Crippen molar-refractivity contribution in [1.82, 2.24) is 9.80 Å². The number of hydrogen-bond acceptors (Lipinski definition) is 8. The van der Waals surface area contributed by atoms with Crippen LogP contribution in [0.5, 0.6) is 0 Å². The normalized spacial score (nSPS) is 67.2.